The number of nitrogens with zero attached hydrogens (tertiary/aromatic N) is 2. The number of aliphatic hydroxyl groups excluding tert-OH is 1. The number of ether oxygens (including phenoxy) is 2. The summed E-state index contributed by atoms with van der Waals surface area (Å²) in [6.45, 7) is 18.6. The Morgan fingerprint density at radius 3 is 2.47 bits per heavy atom. The average molecular weight is 533 g/mol. The number of rotatable bonds is 14. The Hall–Kier alpha value is -2.19. The molecule has 0 aliphatic carbocycles. The quantitative estimate of drug-likeness (QED) is 0.207. The summed E-state index contributed by atoms with van der Waals surface area (Å²) in [4.78, 5) is 45.5. The molecule has 3 aliphatic rings. The van der Waals surface area contributed by atoms with Crippen LogP contribution in [0.3, 0.4) is 0 Å². The highest BCUT2D eigenvalue weighted by atomic mass is 16.6. The SMILES string of the molecule is C=CCCCOC(=O)[C@H]1[C@H]2C(=O)N(CCCCCCO)C(C(=O)N(CC=C)C(C)(C)C)C23CC(C)[C@]1(C)O3. The monoisotopic (exact) mass is 532 g/mol. The van der Waals surface area contributed by atoms with Gasteiger partial charge in [0.25, 0.3) is 0 Å². The van der Waals surface area contributed by atoms with Crippen LogP contribution in [0.1, 0.15) is 79.6 Å². The van der Waals surface area contributed by atoms with Crippen molar-refractivity contribution < 1.29 is 29.0 Å². The molecule has 1 N–H and O–H groups in total. The summed E-state index contributed by atoms with van der Waals surface area (Å²) >= 11 is 0. The van der Waals surface area contributed by atoms with Gasteiger partial charge in [0.05, 0.1) is 18.1 Å². The Bertz CT molecular complexity index is 913. The van der Waals surface area contributed by atoms with Crippen LogP contribution in [0.2, 0.25) is 0 Å². The fraction of sp³-hybridized carbons (Fsp3) is 0.767. The summed E-state index contributed by atoms with van der Waals surface area (Å²) in [5.74, 6) is -2.33. The van der Waals surface area contributed by atoms with Crippen molar-refractivity contribution in [2.75, 3.05) is 26.3 Å². The molecule has 214 valence electrons. The molecule has 38 heavy (non-hydrogen) atoms. The Kier molecular flexibility index (Phi) is 9.51. The second-order valence-corrected chi connectivity index (χ2v) is 12.4. The van der Waals surface area contributed by atoms with Crippen LogP contribution in [0.25, 0.3) is 0 Å². The normalized spacial score (nSPS) is 31.8. The van der Waals surface area contributed by atoms with Crippen molar-refractivity contribution in [1.82, 2.24) is 9.80 Å². The number of allylic oxidation sites excluding steroid dienone is 1. The number of esters is 1. The van der Waals surface area contributed by atoms with Gasteiger partial charge in [0.1, 0.15) is 17.6 Å². The largest absolute Gasteiger partial charge is 0.465 e. The van der Waals surface area contributed by atoms with E-state index >= 15 is 0 Å². The molecular formula is C30H48N2O6. The molecule has 3 heterocycles. The van der Waals surface area contributed by atoms with E-state index in [0.29, 0.717) is 38.8 Å². The minimum atomic E-state index is -1.08. The second-order valence-electron chi connectivity index (χ2n) is 12.4. The lowest BCUT2D eigenvalue weighted by Gasteiger charge is -2.42. The summed E-state index contributed by atoms with van der Waals surface area (Å²) in [6, 6.07) is -0.820. The second kappa shape index (κ2) is 11.9. The van der Waals surface area contributed by atoms with Crippen molar-refractivity contribution in [3.8, 4) is 0 Å². The molecular weight excluding hydrogens is 484 g/mol. The maximum atomic E-state index is 14.4. The summed E-state index contributed by atoms with van der Waals surface area (Å²) < 4.78 is 12.5. The Morgan fingerprint density at radius 2 is 1.87 bits per heavy atom. The molecule has 3 fully saturated rings. The van der Waals surface area contributed by atoms with E-state index in [9.17, 15) is 14.4 Å². The van der Waals surface area contributed by atoms with Gasteiger partial charge in [0.15, 0.2) is 0 Å². The van der Waals surface area contributed by atoms with Crippen LogP contribution in [0.4, 0.5) is 0 Å². The summed E-state index contributed by atoms with van der Waals surface area (Å²) in [6.07, 6.45) is 8.52. The van der Waals surface area contributed by atoms with Crippen molar-refractivity contribution in [3.63, 3.8) is 0 Å². The molecule has 3 unspecified atom stereocenters. The third kappa shape index (κ3) is 5.31. The van der Waals surface area contributed by atoms with Crippen LogP contribution in [0, 0.1) is 17.8 Å². The molecule has 8 nitrogen and oxygen atoms in total. The zero-order valence-electron chi connectivity index (χ0n) is 24.0. The molecule has 0 aromatic rings. The molecule has 0 saturated carbocycles. The number of hydrogen-bond acceptors (Lipinski definition) is 6. The van der Waals surface area contributed by atoms with Crippen molar-refractivity contribution in [2.24, 2.45) is 17.8 Å². The summed E-state index contributed by atoms with van der Waals surface area (Å²) in [5, 5.41) is 9.13. The number of aliphatic hydroxyl groups is 1. The van der Waals surface area contributed by atoms with Gasteiger partial charge in [-0.15, -0.1) is 13.2 Å². The van der Waals surface area contributed by atoms with Crippen LogP contribution in [-0.4, -0.2) is 81.8 Å². The van der Waals surface area contributed by atoms with E-state index in [1.54, 1.807) is 22.0 Å². The molecule has 0 aromatic heterocycles. The number of carbonyl (C=O) groups excluding carboxylic acids is 3. The fourth-order valence-corrected chi connectivity index (χ4v) is 6.83. The Balaban J connectivity index is 2.00. The number of hydrogen-bond donors (Lipinski definition) is 1. The van der Waals surface area contributed by atoms with Gasteiger partial charge in [0, 0.05) is 25.2 Å². The maximum absolute atomic E-state index is 14.4. The molecule has 0 radical (unpaired) electrons. The highest BCUT2D eigenvalue weighted by Gasteiger charge is 2.80. The number of unbranched alkanes of at least 4 members (excludes halogenated alkanes) is 4. The van der Waals surface area contributed by atoms with Gasteiger partial charge in [-0.3, -0.25) is 14.4 Å². The van der Waals surface area contributed by atoms with Gasteiger partial charge in [-0.05, 0) is 65.7 Å². The molecule has 2 bridgehead atoms. The average Bonchev–Trinajstić information content (AvgIpc) is 3.35. The number of carbonyl (C=O) groups is 3. The van der Waals surface area contributed by atoms with Crippen LogP contribution in [0.5, 0.6) is 0 Å². The van der Waals surface area contributed by atoms with Gasteiger partial charge in [-0.25, -0.2) is 0 Å². The third-order valence-electron chi connectivity index (χ3n) is 8.79. The van der Waals surface area contributed by atoms with Gasteiger partial charge >= 0.3 is 5.97 Å². The lowest BCUT2D eigenvalue weighted by atomic mass is 9.62. The van der Waals surface area contributed by atoms with Gasteiger partial charge in [-0.1, -0.05) is 31.9 Å². The first-order chi connectivity index (χ1) is 17.9. The summed E-state index contributed by atoms with van der Waals surface area (Å²) in [7, 11) is 0. The lowest BCUT2D eigenvalue weighted by Crippen LogP contribution is -2.60. The van der Waals surface area contributed by atoms with E-state index in [1.165, 1.54) is 0 Å². The smallest absolute Gasteiger partial charge is 0.312 e. The first kappa shape index (κ1) is 30.4. The van der Waals surface area contributed by atoms with Crippen molar-refractivity contribution in [3.05, 3.63) is 25.3 Å². The van der Waals surface area contributed by atoms with Gasteiger partial charge in [0.2, 0.25) is 11.8 Å². The molecule has 1 spiro atoms. The lowest BCUT2D eigenvalue weighted by molar-refractivity contribution is -0.163. The predicted octanol–water partition coefficient (Wildman–Crippen LogP) is 3.87. The zero-order chi connectivity index (χ0) is 28.3. The first-order valence-corrected chi connectivity index (χ1v) is 14.2. The molecule has 3 rings (SSSR count). The van der Waals surface area contributed by atoms with E-state index in [0.717, 1.165) is 19.3 Å². The van der Waals surface area contributed by atoms with E-state index in [1.807, 2.05) is 34.6 Å². The van der Waals surface area contributed by atoms with Crippen molar-refractivity contribution in [1.29, 1.82) is 0 Å². The van der Waals surface area contributed by atoms with Crippen LogP contribution in [-0.2, 0) is 23.9 Å². The van der Waals surface area contributed by atoms with Crippen molar-refractivity contribution in [2.45, 2.75) is 102 Å². The molecule has 3 aliphatic heterocycles. The van der Waals surface area contributed by atoms with Gasteiger partial charge < -0.3 is 24.4 Å². The minimum Gasteiger partial charge on any atom is -0.465 e. The third-order valence-corrected chi connectivity index (χ3v) is 8.79. The fourth-order valence-electron chi connectivity index (χ4n) is 6.83. The van der Waals surface area contributed by atoms with Crippen LogP contribution < -0.4 is 0 Å². The minimum absolute atomic E-state index is 0.0282. The number of likely N-dealkylation sites (tertiary alicyclic amines) is 1. The highest BCUT2D eigenvalue weighted by molar-refractivity contribution is 5.98. The van der Waals surface area contributed by atoms with Gasteiger partial charge in [-0.2, -0.15) is 0 Å². The molecule has 0 aromatic carbocycles. The topological polar surface area (TPSA) is 96.4 Å². The number of fused-ring (bicyclic) bond motifs is 1. The summed E-state index contributed by atoms with van der Waals surface area (Å²) in [5.41, 5.74) is -2.46. The van der Waals surface area contributed by atoms with E-state index in [2.05, 4.69) is 13.2 Å². The maximum Gasteiger partial charge on any atom is 0.312 e. The molecule has 3 saturated heterocycles. The van der Waals surface area contributed by atoms with Crippen LogP contribution in [0.15, 0.2) is 25.3 Å². The standard InChI is InChI=1S/C30H48N2O6/c1-8-10-15-19-37-27(36)23-22-25(34)31(17-13-11-12-14-18-33)24(26(35)32(16-9-2)28(4,5)6)30(22)20-21(3)29(23,7)38-30/h8-9,21-24,33H,1-2,10-20H2,3-7H3/t21?,22-,23+,24?,29-,30?/m0/s1. The molecule has 8 heteroatoms. The Labute approximate surface area is 228 Å². The molecule has 6 atom stereocenters. The predicted molar refractivity (Wildman–Crippen MR) is 146 cm³/mol. The zero-order valence-corrected chi connectivity index (χ0v) is 24.0. The highest BCUT2D eigenvalue weighted by Crippen LogP contribution is 2.65. The number of amides is 2. The van der Waals surface area contributed by atoms with Crippen molar-refractivity contribution >= 4 is 17.8 Å². The molecule has 2 amide bonds. The van der Waals surface area contributed by atoms with E-state index in [4.69, 9.17) is 14.6 Å². The van der Waals surface area contributed by atoms with Crippen LogP contribution >= 0.6 is 0 Å². The Morgan fingerprint density at radius 1 is 1.18 bits per heavy atom. The van der Waals surface area contributed by atoms with E-state index in [-0.39, 0.29) is 30.9 Å². The van der Waals surface area contributed by atoms with E-state index < -0.39 is 40.6 Å². The first-order valence-electron chi connectivity index (χ1n) is 14.2.